The van der Waals surface area contributed by atoms with E-state index in [4.69, 9.17) is 4.74 Å². The molecule has 2 aromatic rings. The second-order valence-corrected chi connectivity index (χ2v) is 4.60. The van der Waals surface area contributed by atoms with Crippen molar-refractivity contribution in [3.05, 3.63) is 59.2 Å². The number of hydrogen-bond acceptors (Lipinski definition) is 2. The number of hydrogen-bond donors (Lipinski definition) is 0. The van der Waals surface area contributed by atoms with Gasteiger partial charge in [-0.05, 0) is 55.3 Å². The molecular weight excluding hydrogens is 236 g/mol. The van der Waals surface area contributed by atoms with Crippen LogP contribution in [0.15, 0.2) is 42.5 Å². The molecule has 0 radical (unpaired) electrons. The Hall–Kier alpha value is -2.09. The molecule has 98 valence electrons. The molecule has 0 saturated carbocycles. The fourth-order valence-corrected chi connectivity index (χ4v) is 1.87. The monoisotopic (exact) mass is 254 g/mol. The third-order valence-electron chi connectivity index (χ3n) is 3.28. The molecule has 0 unspecified atom stereocenters. The van der Waals surface area contributed by atoms with Gasteiger partial charge in [0.25, 0.3) is 0 Å². The van der Waals surface area contributed by atoms with Crippen molar-refractivity contribution in [1.29, 1.82) is 0 Å². The summed E-state index contributed by atoms with van der Waals surface area (Å²) in [5.74, 6) is 1.76. The van der Waals surface area contributed by atoms with E-state index in [2.05, 4.69) is 13.0 Å². The fraction of sp³-hybridized carbons (Fsp3) is 0.235. The fourth-order valence-electron chi connectivity index (χ4n) is 1.87. The molecule has 2 heteroatoms. The van der Waals surface area contributed by atoms with Crippen LogP contribution in [-0.2, 0) is 0 Å². The van der Waals surface area contributed by atoms with Crippen molar-refractivity contribution in [1.82, 2.24) is 0 Å². The van der Waals surface area contributed by atoms with Gasteiger partial charge >= 0.3 is 0 Å². The Morgan fingerprint density at radius 1 is 1.05 bits per heavy atom. The number of carbonyl (C=O) groups excluding carboxylic acids is 1. The van der Waals surface area contributed by atoms with E-state index in [0.717, 1.165) is 22.6 Å². The predicted molar refractivity (Wildman–Crippen MR) is 77.1 cm³/mol. The van der Waals surface area contributed by atoms with Gasteiger partial charge in [0.05, 0.1) is 0 Å². The summed E-state index contributed by atoms with van der Waals surface area (Å²) in [5, 5.41) is 0. The highest BCUT2D eigenvalue weighted by atomic mass is 16.5. The first-order valence-corrected chi connectivity index (χ1v) is 6.49. The predicted octanol–water partition coefficient (Wildman–Crippen LogP) is 4.69. The van der Waals surface area contributed by atoms with Crippen molar-refractivity contribution < 1.29 is 9.53 Å². The zero-order chi connectivity index (χ0) is 13.8. The van der Waals surface area contributed by atoms with E-state index in [-0.39, 0.29) is 5.78 Å². The van der Waals surface area contributed by atoms with Crippen molar-refractivity contribution in [2.75, 3.05) is 0 Å². The molecule has 0 saturated heterocycles. The van der Waals surface area contributed by atoms with Gasteiger partial charge in [0.2, 0.25) is 0 Å². The Labute approximate surface area is 114 Å². The maximum absolute atomic E-state index is 11.5. The van der Waals surface area contributed by atoms with Crippen molar-refractivity contribution >= 4 is 5.78 Å². The van der Waals surface area contributed by atoms with Crippen LogP contribution in [0.4, 0.5) is 0 Å². The Kier molecular flexibility index (Phi) is 4.00. The van der Waals surface area contributed by atoms with Gasteiger partial charge < -0.3 is 4.74 Å². The SMILES string of the molecule is CCC(=O)c1ccc(Oc2cccc(C)c2C)cc1. The normalized spacial score (nSPS) is 10.3. The van der Waals surface area contributed by atoms with E-state index in [0.29, 0.717) is 6.42 Å². The summed E-state index contributed by atoms with van der Waals surface area (Å²) in [4.78, 5) is 11.5. The van der Waals surface area contributed by atoms with Crippen LogP contribution in [0, 0.1) is 13.8 Å². The van der Waals surface area contributed by atoms with E-state index < -0.39 is 0 Å². The molecule has 0 heterocycles. The van der Waals surface area contributed by atoms with Crippen LogP contribution >= 0.6 is 0 Å². The van der Waals surface area contributed by atoms with Crippen LogP contribution < -0.4 is 4.74 Å². The number of carbonyl (C=O) groups is 1. The molecule has 0 N–H and O–H groups in total. The summed E-state index contributed by atoms with van der Waals surface area (Å²) in [6, 6.07) is 13.3. The maximum Gasteiger partial charge on any atom is 0.162 e. The van der Waals surface area contributed by atoms with Crippen LogP contribution in [0.2, 0.25) is 0 Å². The molecule has 0 spiro atoms. The molecule has 2 rings (SSSR count). The van der Waals surface area contributed by atoms with Crippen LogP contribution in [0.1, 0.15) is 34.8 Å². The zero-order valence-electron chi connectivity index (χ0n) is 11.6. The van der Waals surface area contributed by atoms with Gasteiger partial charge in [-0.25, -0.2) is 0 Å². The van der Waals surface area contributed by atoms with E-state index in [1.807, 2.05) is 50.2 Å². The lowest BCUT2D eigenvalue weighted by Gasteiger charge is -2.10. The van der Waals surface area contributed by atoms with E-state index >= 15 is 0 Å². The highest BCUT2D eigenvalue weighted by Crippen LogP contribution is 2.27. The van der Waals surface area contributed by atoms with E-state index in [9.17, 15) is 4.79 Å². The molecule has 0 fully saturated rings. The second kappa shape index (κ2) is 5.70. The quantitative estimate of drug-likeness (QED) is 0.740. The molecule has 0 amide bonds. The van der Waals surface area contributed by atoms with Gasteiger partial charge in [0.1, 0.15) is 11.5 Å². The molecular formula is C17H18O2. The van der Waals surface area contributed by atoms with Gasteiger partial charge in [0.15, 0.2) is 5.78 Å². The minimum absolute atomic E-state index is 0.151. The number of benzene rings is 2. The lowest BCUT2D eigenvalue weighted by atomic mass is 10.1. The summed E-state index contributed by atoms with van der Waals surface area (Å²) >= 11 is 0. The summed E-state index contributed by atoms with van der Waals surface area (Å²) in [5.41, 5.74) is 3.07. The Balaban J connectivity index is 2.20. The van der Waals surface area contributed by atoms with Crippen molar-refractivity contribution in [3.8, 4) is 11.5 Å². The Morgan fingerprint density at radius 2 is 1.74 bits per heavy atom. The summed E-state index contributed by atoms with van der Waals surface area (Å²) < 4.78 is 5.85. The lowest BCUT2D eigenvalue weighted by molar-refractivity contribution is 0.0988. The number of ether oxygens (including phenoxy) is 1. The van der Waals surface area contributed by atoms with E-state index in [1.54, 1.807) is 0 Å². The highest BCUT2D eigenvalue weighted by Gasteiger charge is 2.05. The molecule has 19 heavy (non-hydrogen) atoms. The average Bonchev–Trinajstić information content (AvgIpc) is 2.44. The molecule has 0 aliphatic rings. The average molecular weight is 254 g/mol. The lowest BCUT2D eigenvalue weighted by Crippen LogP contribution is -1.96. The molecule has 2 aromatic carbocycles. The van der Waals surface area contributed by atoms with Crippen LogP contribution in [0.5, 0.6) is 11.5 Å². The van der Waals surface area contributed by atoms with Crippen molar-refractivity contribution in [2.24, 2.45) is 0 Å². The summed E-state index contributed by atoms with van der Waals surface area (Å²) in [6.07, 6.45) is 0.525. The molecule has 0 aromatic heterocycles. The van der Waals surface area contributed by atoms with Gasteiger partial charge in [-0.15, -0.1) is 0 Å². The summed E-state index contributed by atoms with van der Waals surface area (Å²) in [7, 11) is 0. The van der Waals surface area contributed by atoms with Gasteiger partial charge in [-0.1, -0.05) is 19.1 Å². The first-order chi connectivity index (χ1) is 9.11. The maximum atomic E-state index is 11.5. The molecule has 0 atom stereocenters. The third kappa shape index (κ3) is 3.02. The third-order valence-corrected chi connectivity index (χ3v) is 3.28. The van der Waals surface area contributed by atoms with E-state index in [1.165, 1.54) is 5.56 Å². The largest absolute Gasteiger partial charge is 0.457 e. The van der Waals surface area contributed by atoms with Crippen LogP contribution in [-0.4, -0.2) is 5.78 Å². The minimum Gasteiger partial charge on any atom is -0.457 e. The Bertz CT molecular complexity index is 583. The van der Waals surface area contributed by atoms with Crippen molar-refractivity contribution in [3.63, 3.8) is 0 Å². The second-order valence-electron chi connectivity index (χ2n) is 4.60. The minimum atomic E-state index is 0.151. The highest BCUT2D eigenvalue weighted by molar-refractivity contribution is 5.95. The van der Waals surface area contributed by atoms with Gasteiger partial charge in [0, 0.05) is 12.0 Å². The molecule has 0 aliphatic carbocycles. The number of aryl methyl sites for hydroxylation is 1. The van der Waals surface area contributed by atoms with Crippen LogP contribution in [0.25, 0.3) is 0 Å². The van der Waals surface area contributed by atoms with Gasteiger partial charge in [-0.3, -0.25) is 4.79 Å². The number of Topliss-reactive ketones (excluding diaryl/α,β-unsaturated/α-hetero) is 1. The smallest absolute Gasteiger partial charge is 0.162 e. The molecule has 0 bridgehead atoms. The summed E-state index contributed by atoms with van der Waals surface area (Å²) in [6.45, 7) is 5.97. The first kappa shape index (κ1) is 13.3. The standard InChI is InChI=1S/C17H18O2/c1-4-16(18)14-8-10-15(11-9-14)19-17-7-5-6-12(2)13(17)3/h5-11H,4H2,1-3H3. The van der Waals surface area contributed by atoms with Crippen LogP contribution in [0.3, 0.4) is 0 Å². The first-order valence-electron chi connectivity index (χ1n) is 6.49. The number of ketones is 1. The number of rotatable bonds is 4. The molecule has 0 aliphatic heterocycles. The van der Waals surface area contributed by atoms with Gasteiger partial charge in [-0.2, -0.15) is 0 Å². The Morgan fingerprint density at radius 3 is 2.37 bits per heavy atom. The van der Waals surface area contributed by atoms with Crippen molar-refractivity contribution in [2.45, 2.75) is 27.2 Å². The zero-order valence-corrected chi connectivity index (χ0v) is 11.6. The topological polar surface area (TPSA) is 26.3 Å². The molecule has 2 nitrogen and oxygen atoms in total.